The van der Waals surface area contributed by atoms with Gasteiger partial charge in [-0.1, -0.05) is 18.2 Å². The number of thiazole rings is 1. The van der Waals surface area contributed by atoms with Gasteiger partial charge in [-0.05, 0) is 43.6 Å². The van der Waals surface area contributed by atoms with Gasteiger partial charge in [0.15, 0.2) is 12.2 Å². The lowest BCUT2D eigenvalue weighted by molar-refractivity contribution is -0.986. The number of quaternary nitrogens is 1. The number of benzene rings is 1. The van der Waals surface area contributed by atoms with Crippen molar-refractivity contribution in [3.63, 3.8) is 0 Å². The van der Waals surface area contributed by atoms with Gasteiger partial charge in [0.25, 0.3) is 5.69 Å². The van der Waals surface area contributed by atoms with Crippen LogP contribution in [-0.4, -0.2) is 43.7 Å². The molecule has 2 heterocycles. The Labute approximate surface area is 211 Å². The van der Waals surface area contributed by atoms with Gasteiger partial charge in [-0.15, -0.1) is 17.9 Å². The van der Waals surface area contributed by atoms with Crippen LogP contribution < -0.4 is 5.48 Å². The number of nitrogens with zero attached hydrogens (tertiary/aromatic N) is 4. The summed E-state index contributed by atoms with van der Waals surface area (Å²) in [5.41, 5.74) is 2.01. The first-order chi connectivity index (χ1) is 17.1. The third-order valence-electron chi connectivity index (χ3n) is 4.75. The van der Waals surface area contributed by atoms with Crippen molar-refractivity contribution in [3.05, 3.63) is 88.2 Å². The van der Waals surface area contributed by atoms with Crippen LogP contribution >= 0.6 is 11.3 Å². The van der Waals surface area contributed by atoms with Crippen LogP contribution in [0.3, 0.4) is 0 Å². The van der Waals surface area contributed by atoms with E-state index in [1.165, 1.54) is 41.0 Å². The predicted octanol–water partition coefficient (Wildman–Crippen LogP) is 4.83. The highest BCUT2D eigenvalue weighted by molar-refractivity contribution is 7.13. The molecular weight excluding hydrogens is 486 g/mol. The molecule has 0 bridgehead atoms. The van der Waals surface area contributed by atoms with Crippen molar-refractivity contribution in [2.24, 2.45) is 0 Å². The van der Waals surface area contributed by atoms with E-state index in [9.17, 15) is 19.7 Å². The Morgan fingerprint density at radius 1 is 1.22 bits per heavy atom. The maximum atomic E-state index is 13.9. The number of amides is 3. The Bertz CT molecular complexity index is 1260. The molecule has 188 valence electrons. The summed E-state index contributed by atoms with van der Waals surface area (Å²) in [4.78, 5) is 58.1. The second-order valence-electron chi connectivity index (χ2n) is 8.57. The molecule has 0 fully saturated rings. The minimum Gasteiger partial charge on any atom is -0.265 e. The van der Waals surface area contributed by atoms with E-state index >= 15 is 0 Å². The summed E-state index contributed by atoms with van der Waals surface area (Å²) in [6.45, 7) is 8.01. The van der Waals surface area contributed by atoms with Crippen molar-refractivity contribution >= 4 is 29.0 Å². The standard InChI is InChI=1S/C24H25N5O6S/c1-5-14-34-29(23(31)27-35-24(2,3)4,15-18-8-6-7-9-20(18)28(32)33)22(30)19-16-36-21(26-19)17-10-12-25-13-11-17/h5-13,16H,1,14-15H2,2-4H3/p+1. The van der Waals surface area contributed by atoms with Gasteiger partial charge in [0, 0.05) is 29.4 Å². The molecule has 0 spiro atoms. The summed E-state index contributed by atoms with van der Waals surface area (Å²) >= 11 is 1.20. The monoisotopic (exact) mass is 512 g/mol. The molecule has 36 heavy (non-hydrogen) atoms. The number of rotatable bonds is 9. The largest absolute Gasteiger partial charge is 0.481 e. The van der Waals surface area contributed by atoms with Crippen molar-refractivity contribution in [2.75, 3.05) is 6.61 Å². The van der Waals surface area contributed by atoms with Gasteiger partial charge in [0.05, 0.1) is 16.1 Å². The van der Waals surface area contributed by atoms with Crippen LogP contribution in [0.15, 0.2) is 66.8 Å². The van der Waals surface area contributed by atoms with Gasteiger partial charge in [-0.2, -0.15) is 10.3 Å². The molecule has 2 aromatic heterocycles. The fraction of sp³-hybridized carbons (Fsp3) is 0.250. The fourth-order valence-corrected chi connectivity index (χ4v) is 3.90. The van der Waals surface area contributed by atoms with Gasteiger partial charge in [0.1, 0.15) is 11.6 Å². The smallest absolute Gasteiger partial charge is 0.265 e. The average molecular weight is 513 g/mol. The summed E-state index contributed by atoms with van der Waals surface area (Å²) in [7, 11) is 0. The van der Waals surface area contributed by atoms with E-state index in [1.54, 1.807) is 51.4 Å². The van der Waals surface area contributed by atoms with E-state index in [1.807, 2.05) is 0 Å². The minimum absolute atomic E-state index is 0.0552. The highest BCUT2D eigenvalue weighted by Gasteiger charge is 2.51. The zero-order chi connectivity index (χ0) is 26.3. The number of pyridine rings is 1. The lowest BCUT2D eigenvalue weighted by atomic mass is 10.1. The van der Waals surface area contributed by atoms with E-state index < -0.39 is 33.7 Å². The van der Waals surface area contributed by atoms with E-state index in [2.05, 4.69) is 22.0 Å². The van der Waals surface area contributed by atoms with Crippen molar-refractivity contribution < 1.29 is 28.8 Å². The first kappa shape index (κ1) is 26.8. The van der Waals surface area contributed by atoms with E-state index in [-0.39, 0.29) is 23.6 Å². The van der Waals surface area contributed by atoms with Crippen LogP contribution in [-0.2, 0) is 16.2 Å². The molecule has 3 amide bonds. The number of para-hydroxylation sites is 1. The number of carbonyl (C=O) groups is 2. The molecule has 0 aliphatic heterocycles. The molecule has 3 aromatic rings. The molecule has 1 atom stereocenters. The third kappa shape index (κ3) is 6.23. The van der Waals surface area contributed by atoms with Crippen LogP contribution in [0.5, 0.6) is 0 Å². The van der Waals surface area contributed by atoms with Gasteiger partial charge in [-0.3, -0.25) is 19.9 Å². The molecule has 3 rings (SSSR count). The maximum absolute atomic E-state index is 13.9. The Hall–Kier alpha value is -3.84. The quantitative estimate of drug-likeness (QED) is 0.187. The lowest BCUT2D eigenvalue weighted by Gasteiger charge is -2.30. The number of nitro benzene ring substituents is 1. The molecule has 0 aliphatic rings. The number of nitro groups is 1. The van der Waals surface area contributed by atoms with Crippen LogP contribution in [0.1, 0.15) is 36.8 Å². The molecular formula is C24H26N5O6S+. The molecule has 1 aromatic carbocycles. The maximum Gasteiger partial charge on any atom is 0.481 e. The third-order valence-corrected chi connectivity index (χ3v) is 5.64. The van der Waals surface area contributed by atoms with Crippen molar-refractivity contribution in [3.8, 4) is 10.6 Å². The number of carbonyl (C=O) groups excluding carboxylic acids is 2. The van der Waals surface area contributed by atoms with E-state index in [0.29, 0.717) is 5.01 Å². The molecule has 1 N–H and O–H groups in total. The average Bonchev–Trinajstić information content (AvgIpc) is 3.35. The first-order valence-electron chi connectivity index (χ1n) is 10.8. The van der Waals surface area contributed by atoms with Crippen molar-refractivity contribution in [2.45, 2.75) is 32.9 Å². The zero-order valence-corrected chi connectivity index (χ0v) is 20.9. The summed E-state index contributed by atoms with van der Waals surface area (Å²) < 4.78 is -1.33. The van der Waals surface area contributed by atoms with Crippen molar-refractivity contribution in [1.29, 1.82) is 0 Å². The lowest BCUT2D eigenvalue weighted by Crippen LogP contribution is -2.61. The number of hydroxylamine groups is 4. The minimum atomic E-state index is -1.33. The van der Waals surface area contributed by atoms with Crippen LogP contribution in [0.25, 0.3) is 10.6 Å². The topological polar surface area (TPSA) is 134 Å². The Kier molecular flexibility index (Phi) is 8.37. The second kappa shape index (κ2) is 11.3. The summed E-state index contributed by atoms with van der Waals surface area (Å²) in [5.74, 6) is -0.832. The molecule has 11 nitrogen and oxygen atoms in total. The summed E-state index contributed by atoms with van der Waals surface area (Å²) in [5, 5.41) is 13.7. The van der Waals surface area contributed by atoms with Gasteiger partial charge in [-0.25, -0.2) is 14.6 Å². The highest BCUT2D eigenvalue weighted by Crippen LogP contribution is 2.30. The zero-order valence-electron chi connectivity index (χ0n) is 20.0. The first-order valence-corrected chi connectivity index (χ1v) is 11.7. The van der Waals surface area contributed by atoms with Crippen molar-refractivity contribution in [1.82, 2.24) is 15.4 Å². The normalized spacial score (nSPS) is 13.0. The number of hydrogen-bond acceptors (Lipinski definition) is 9. The van der Waals surface area contributed by atoms with Crippen LogP contribution in [0.2, 0.25) is 0 Å². The van der Waals surface area contributed by atoms with Gasteiger partial charge in [0.2, 0.25) is 0 Å². The number of nitrogens with one attached hydrogen (secondary N) is 1. The summed E-state index contributed by atoms with van der Waals surface area (Å²) in [6, 6.07) is 8.30. The Morgan fingerprint density at radius 3 is 2.56 bits per heavy atom. The predicted molar refractivity (Wildman–Crippen MR) is 132 cm³/mol. The number of urea groups is 1. The van der Waals surface area contributed by atoms with Crippen LogP contribution in [0, 0.1) is 10.1 Å². The summed E-state index contributed by atoms with van der Waals surface area (Å²) in [6.07, 6.45) is 4.55. The number of hydrogen-bond donors (Lipinski definition) is 1. The van der Waals surface area contributed by atoms with E-state index in [0.717, 1.165) is 5.56 Å². The van der Waals surface area contributed by atoms with Gasteiger partial charge < -0.3 is 0 Å². The van der Waals surface area contributed by atoms with Gasteiger partial charge >= 0.3 is 11.9 Å². The number of aromatic nitrogens is 2. The fourth-order valence-electron chi connectivity index (χ4n) is 3.10. The van der Waals surface area contributed by atoms with Crippen LogP contribution in [0.4, 0.5) is 10.5 Å². The number of imide groups is 1. The molecule has 0 aliphatic carbocycles. The molecule has 0 saturated heterocycles. The molecule has 0 radical (unpaired) electrons. The Morgan fingerprint density at radius 2 is 1.92 bits per heavy atom. The van der Waals surface area contributed by atoms with E-state index in [4.69, 9.17) is 9.68 Å². The molecule has 12 heteroatoms. The SMILES string of the molecule is C=CCO[N+](Cc1ccccc1[N+](=O)[O-])(C(=O)NOC(C)(C)C)C(=O)c1csc(-c2ccncc2)n1. The molecule has 1 unspecified atom stereocenters. The second-order valence-corrected chi connectivity index (χ2v) is 9.43. The highest BCUT2D eigenvalue weighted by atomic mass is 32.1. The Balaban J connectivity index is 2.11. The molecule has 0 saturated carbocycles.